The molecule has 0 N–H and O–H groups in total. The van der Waals surface area contributed by atoms with E-state index in [4.69, 9.17) is 0 Å². The highest BCUT2D eigenvalue weighted by Crippen LogP contribution is 2.32. The van der Waals surface area contributed by atoms with Crippen LogP contribution < -0.4 is 4.57 Å². The van der Waals surface area contributed by atoms with E-state index in [9.17, 15) is 0 Å². The van der Waals surface area contributed by atoms with Crippen molar-refractivity contribution < 1.29 is 4.57 Å². The summed E-state index contributed by atoms with van der Waals surface area (Å²) in [7, 11) is 2.18. The molecule has 0 saturated heterocycles. The van der Waals surface area contributed by atoms with Crippen molar-refractivity contribution in [1.82, 2.24) is 4.57 Å². The highest BCUT2D eigenvalue weighted by atomic mass is 15.2. The summed E-state index contributed by atoms with van der Waals surface area (Å²) in [5, 5.41) is 14.5. The summed E-state index contributed by atoms with van der Waals surface area (Å²) in [6.07, 6.45) is 0. The molecule has 2 heteroatoms. The Morgan fingerprint density at radius 2 is 0.741 bits per heavy atom. The molecule has 0 amide bonds. The number of imidazole rings is 1. The van der Waals surface area contributed by atoms with Gasteiger partial charge in [-0.2, -0.15) is 4.57 Å². The van der Waals surface area contributed by atoms with Crippen molar-refractivity contribution in [3.8, 4) is 16.8 Å². The first kappa shape index (κ1) is 31.9. The molecular formula is C52H39N2+. The fraction of sp³-hybridized carbons (Fsp3) is 0.0577. The van der Waals surface area contributed by atoms with Gasteiger partial charge in [0.1, 0.15) is 5.69 Å². The van der Waals surface area contributed by atoms with Gasteiger partial charge in [-0.1, -0.05) is 109 Å². The number of aryl methyl sites for hydroxylation is 2. The predicted octanol–water partition coefficient (Wildman–Crippen LogP) is 13.3. The number of benzene rings is 8. The predicted molar refractivity (Wildman–Crippen MR) is 231 cm³/mol. The van der Waals surface area contributed by atoms with E-state index in [0.29, 0.717) is 0 Å². The van der Waals surface area contributed by atoms with Crippen LogP contribution >= 0.6 is 0 Å². The fourth-order valence-corrected chi connectivity index (χ4v) is 8.30. The molecule has 9 aromatic carbocycles. The normalized spacial score (nSPS) is 11.6. The van der Waals surface area contributed by atoms with Crippen molar-refractivity contribution in [3.05, 3.63) is 193 Å². The number of aromatic nitrogens is 2. The Morgan fingerprint density at radius 3 is 1.17 bits per heavy atom. The molecule has 12 bridgehead atoms. The number of hydrogen-bond donors (Lipinski definition) is 0. The summed E-state index contributed by atoms with van der Waals surface area (Å²) in [6.45, 7) is 4.39. The van der Waals surface area contributed by atoms with E-state index in [2.05, 4.69) is 212 Å². The molecular weight excluding hydrogens is 653 g/mol. The van der Waals surface area contributed by atoms with Gasteiger partial charge in [0, 0.05) is 6.92 Å². The number of fused-ring (bicyclic) bond motifs is 19. The first-order valence-corrected chi connectivity index (χ1v) is 18.7. The van der Waals surface area contributed by atoms with Crippen molar-refractivity contribution in [3.63, 3.8) is 0 Å². The lowest BCUT2D eigenvalue weighted by atomic mass is 9.97. The lowest BCUT2D eigenvalue weighted by Crippen LogP contribution is -2.30. The van der Waals surface area contributed by atoms with Crippen LogP contribution in [0.25, 0.3) is 92.5 Å². The lowest BCUT2D eigenvalue weighted by Gasteiger charge is -2.07. The summed E-state index contributed by atoms with van der Waals surface area (Å²) >= 11 is 0. The third-order valence-corrected chi connectivity index (χ3v) is 11.3. The molecule has 2 nitrogen and oxygen atoms in total. The van der Waals surface area contributed by atoms with Crippen LogP contribution in [0.4, 0.5) is 0 Å². The second kappa shape index (κ2) is 12.7. The molecule has 1 heterocycles. The fourth-order valence-electron chi connectivity index (χ4n) is 8.30. The summed E-state index contributed by atoms with van der Waals surface area (Å²) in [6, 6.07) is 67.5. The summed E-state index contributed by atoms with van der Waals surface area (Å²) < 4.78 is 4.70. The molecule has 0 aliphatic rings. The zero-order valence-electron chi connectivity index (χ0n) is 30.7. The Hall–Kier alpha value is -6.77. The minimum absolute atomic E-state index is 1.19. The highest BCUT2D eigenvalue weighted by Gasteiger charge is 2.22. The molecule has 1 aromatic heterocycles. The van der Waals surface area contributed by atoms with E-state index in [-0.39, 0.29) is 0 Å². The van der Waals surface area contributed by atoms with Crippen LogP contribution in [0, 0.1) is 13.8 Å². The second-order valence-corrected chi connectivity index (χ2v) is 14.6. The maximum Gasteiger partial charge on any atom is 0.259 e. The summed E-state index contributed by atoms with van der Waals surface area (Å²) in [4.78, 5) is 0. The van der Waals surface area contributed by atoms with Gasteiger partial charge in [-0.3, -0.25) is 0 Å². The van der Waals surface area contributed by atoms with E-state index in [1.54, 1.807) is 0 Å². The Morgan fingerprint density at radius 1 is 0.352 bits per heavy atom. The zero-order chi connectivity index (χ0) is 36.3. The molecule has 0 radical (unpaired) electrons. The molecule has 10 rings (SSSR count). The quantitative estimate of drug-likeness (QED) is 0.160. The van der Waals surface area contributed by atoms with E-state index in [0.717, 1.165) is 0 Å². The van der Waals surface area contributed by atoms with Gasteiger partial charge in [-0.05, 0) is 161 Å². The monoisotopic (exact) mass is 691 g/mol. The van der Waals surface area contributed by atoms with Crippen molar-refractivity contribution in [2.75, 3.05) is 0 Å². The Labute approximate surface area is 314 Å². The van der Waals surface area contributed by atoms with Gasteiger partial charge >= 0.3 is 0 Å². The van der Waals surface area contributed by atoms with Crippen molar-refractivity contribution in [2.45, 2.75) is 13.8 Å². The van der Waals surface area contributed by atoms with Crippen LogP contribution in [-0.2, 0) is 7.05 Å². The van der Waals surface area contributed by atoms with Crippen molar-refractivity contribution in [2.24, 2.45) is 7.05 Å². The molecule has 0 unspecified atom stereocenters. The Kier molecular flexibility index (Phi) is 7.52. The van der Waals surface area contributed by atoms with Crippen LogP contribution in [0.2, 0.25) is 0 Å². The standard InChI is InChI=1S/C52H39N2/c1-34-11-4-5-22-50(34)54-35(2)53(3)52-33-46(23-24-51(52)54)49-31-47-30-48(32-49)45-21-10-19-43(29-45)41-17-8-15-39(27-41)37-13-6-12-36(25-37)38-14-7-16-40(26-38)42-18-9-20-44(47)28-42/h4-33H,1-3H3/q+1. The van der Waals surface area contributed by atoms with Gasteiger partial charge in [-0.25, -0.2) is 4.57 Å². The molecule has 0 aliphatic heterocycles. The maximum atomic E-state index is 2.38. The lowest BCUT2D eigenvalue weighted by molar-refractivity contribution is -0.652. The molecule has 256 valence electrons. The van der Waals surface area contributed by atoms with Crippen LogP contribution in [0.3, 0.4) is 0 Å². The summed E-state index contributed by atoms with van der Waals surface area (Å²) in [5.41, 5.74) is 7.27. The minimum atomic E-state index is 1.19. The number of rotatable bonds is 2. The zero-order valence-corrected chi connectivity index (χ0v) is 30.7. The van der Waals surface area contributed by atoms with Crippen LogP contribution in [-0.4, -0.2) is 4.57 Å². The Balaban J connectivity index is 1.30. The minimum Gasteiger partial charge on any atom is -0.230 e. The van der Waals surface area contributed by atoms with Gasteiger partial charge in [0.15, 0.2) is 11.0 Å². The van der Waals surface area contributed by atoms with Crippen LogP contribution in [0.5, 0.6) is 0 Å². The number of hydrogen-bond acceptors (Lipinski definition) is 0. The van der Waals surface area contributed by atoms with E-state index >= 15 is 0 Å². The molecule has 0 atom stereocenters. The smallest absolute Gasteiger partial charge is 0.230 e. The number of para-hydroxylation sites is 1. The largest absolute Gasteiger partial charge is 0.259 e. The van der Waals surface area contributed by atoms with E-state index in [1.807, 2.05) is 0 Å². The summed E-state index contributed by atoms with van der Waals surface area (Å²) in [5.74, 6) is 1.19. The van der Waals surface area contributed by atoms with Gasteiger partial charge in [0.05, 0.1) is 7.05 Å². The average Bonchev–Trinajstić information content (AvgIpc) is 3.48. The first-order chi connectivity index (χ1) is 26.5. The molecule has 10 aromatic rings. The van der Waals surface area contributed by atoms with Gasteiger partial charge in [0.2, 0.25) is 0 Å². The van der Waals surface area contributed by atoms with Crippen molar-refractivity contribution >= 4 is 75.7 Å². The first-order valence-electron chi connectivity index (χ1n) is 18.7. The maximum absolute atomic E-state index is 2.38. The molecule has 0 fully saturated rings. The SMILES string of the molecule is Cc1ccccc1-n1c(C)[n+](C)c2cc(-c3cc4cc(c3)c3cccc(c3)c3cccc(c3)c3cccc(c3)c3cccc(c3)c3cccc4c3)ccc21. The molecule has 0 saturated carbocycles. The van der Waals surface area contributed by atoms with Gasteiger partial charge < -0.3 is 0 Å². The van der Waals surface area contributed by atoms with Crippen LogP contribution in [0.15, 0.2) is 182 Å². The topological polar surface area (TPSA) is 8.81 Å². The number of nitrogens with zero attached hydrogens (tertiary/aromatic N) is 2. The molecule has 54 heavy (non-hydrogen) atoms. The van der Waals surface area contributed by atoms with E-state index in [1.165, 1.54) is 104 Å². The molecule has 0 aliphatic carbocycles. The van der Waals surface area contributed by atoms with E-state index < -0.39 is 0 Å². The highest BCUT2D eigenvalue weighted by molar-refractivity contribution is 6.03. The third-order valence-electron chi connectivity index (χ3n) is 11.3. The van der Waals surface area contributed by atoms with Gasteiger partial charge in [-0.15, -0.1) is 0 Å². The van der Waals surface area contributed by atoms with Gasteiger partial charge in [0.25, 0.3) is 5.82 Å². The second-order valence-electron chi connectivity index (χ2n) is 14.6. The third kappa shape index (κ3) is 5.47. The Bertz CT molecular complexity index is 3110. The van der Waals surface area contributed by atoms with Crippen molar-refractivity contribution in [1.29, 1.82) is 0 Å². The average molecular weight is 692 g/mol. The molecule has 0 spiro atoms. The van der Waals surface area contributed by atoms with Crippen LogP contribution in [0.1, 0.15) is 11.4 Å².